The Kier molecular flexibility index (Phi) is 4.50. The number of rotatable bonds is 5. The number of aromatic carboxylic acids is 1. The summed E-state index contributed by atoms with van der Waals surface area (Å²) in [5, 5.41) is 20.9. The average Bonchev–Trinajstić information content (AvgIpc) is 2.46. The first kappa shape index (κ1) is 14.5. The summed E-state index contributed by atoms with van der Waals surface area (Å²) in [4.78, 5) is 26.7. The van der Waals surface area contributed by atoms with E-state index in [0.29, 0.717) is 12.1 Å². The van der Waals surface area contributed by atoms with Crippen LogP contribution in [0.3, 0.4) is 0 Å². The number of hydrogen-bond donors (Lipinski definition) is 3. The molecule has 1 heterocycles. The van der Waals surface area contributed by atoms with Gasteiger partial charge in [0.25, 0.3) is 0 Å². The molecule has 0 saturated carbocycles. The lowest BCUT2D eigenvalue weighted by atomic mass is 10.1. The fraction of sp³-hybridized carbons (Fsp3) is 0.133. The molecule has 0 spiro atoms. The van der Waals surface area contributed by atoms with Crippen LogP contribution in [0.1, 0.15) is 22.5 Å². The number of pyridine rings is 1. The zero-order valence-corrected chi connectivity index (χ0v) is 11.1. The van der Waals surface area contributed by atoms with Crippen LogP contribution in [-0.2, 0) is 11.2 Å². The zero-order valence-electron chi connectivity index (χ0n) is 11.1. The number of aryl methyl sites for hydroxylation is 1. The molecule has 0 radical (unpaired) electrons. The van der Waals surface area contributed by atoms with Gasteiger partial charge in [-0.15, -0.1) is 0 Å². The first-order valence-electron chi connectivity index (χ1n) is 6.32. The average molecular weight is 286 g/mol. The lowest BCUT2D eigenvalue weighted by molar-refractivity contribution is -0.116. The molecule has 21 heavy (non-hydrogen) atoms. The van der Waals surface area contributed by atoms with E-state index < -0.39 is 5.97 Å². The van der Waals surface area contributed by atoms with Crippen LogP contribution in [-0.4, -0.2) is 27.1 Å². The number of carboxylic acid groups (broad SMARTS) is 1. The van der Waals surface area contributed by atoms with E-state index in [1.54, 1.807) is 12.3 Å². The number of carbonyl (C=O) groups excluding carboxylic acids is 1. The van der Waals surface area contributed by atoms with Gasteiger partial charge in [0, 0.05) is 30.1 Å². The Morgan fingerprint density at radius 3 is 2.62 bits per heavy atom. The van der Waals surface area contributed by atoms with Crippen LogP contribution < -0.4 is 5.32 Å². The predicted molar refractivity (Wildman–Crippen MR) is 76.3 cm³/mol. The van der Waals surface area contributed by atoms with Gasteiger partial charge in [0.1, 0.15) is 11.3 Å². The van der Waals surface area contributed by atoms with Crippen LogP contribution >= 0.6 is 0 Å². The van der Waals surface area contributed by atoms with Gasteiger partial charge in [-0.05, 0) is 30.7 Å². The maximum absolute atomic E-state index is 11.8. The number of anilines is 1. The highest BCUT2D eigenvalue weighted by molar-refractivity contribution is 5.94. The highest BCUT2D eigenvalue weighted by Crippen LogP contribution is 2.22. The van der Waals surface area contributed by atoms with Crippen molar-refractivity contribution in [1.82, 2.24) is 4.98 Å². The molecule has 0 aliphatic carbocycles. The number of aromatic nitrogens is 1. The van der Waals surface area contributed by atoms with E-state index in [-0.39, 0.29) is 23.6 Å². The lowest BCUT2D eigenvalue weighted by Crippen LogP contribution is -2.12. The van der Waals surface area contributed by atoms with Crippen molar-refractivity contribution in [2.24, 2.45) is 0 Å². The van der Waals surface area contributed by atoms with Crippen molar-refractivity contribution < 1.29 is 19.8 Å². The number of aromatic hydroxyl groups is 1. The number of carbonyl (C=O) groups is 2. The molecule has 1 aromatic heterocycles. The molecule has 6 nitrogen and oxygen atoms in total. The summed E-state index contributed by atoms with van der Waals surface area (Å²) >= 11 is 0. The van der Waals surface area contributed by atoms with Crippen LogP contribution in [0.2, 0.25) is 0 Å². The second-order valence-corrected chi connectivity index (χ2v) is 4.41. The van der Waals surface area contributed by atoms with Crippen molar-refractivity contribution in [2.45, 2.75) is 12.8 Å². The number of nitrogens with one attached hydrogen (secondary N) is 1. The van der Waals surface area contributed by atoms with Crippen LogP contribution in [0, 0.1) is 0 Å². The Morgan fingerprint density at radius 1 is 1.19 bits per heavy atom. The fourth-order valence-electron chi connectivity index (χ4n) is 1.80. The molecular weight excluding hydrogens is 272 g/mol. The Bertz CT molecular complexity index is 656. The number of phenols is 1. The molecule has 2 rings (SSSR count). The second kappa shape index (κ2) is 6.51. The summed E-state index contributed by atoms with van der Waals surface area (Å²) < 4.78 is 0. The maximum Gasteiger partial charge on any atom is 0.339 e. The highest BCUT2D eigenvalue weighted by atomic mass is 16.4. The summed E-state index contributed by atoms with van der Waals surface area (Å²) in [5.41, 5.74) is 0.960. The monoisotopic (exact) mass is 286 g/mol. The van der Waals surface area contributed by atoms with E-state index in [4.69, 9.17) is 5.11 Å². The van der Waals surface area contributed by atoms with Gasteiger partial charge in [0.15, 0.2) is 0 Å². The summed E-state index contributed by atoms with van der Waals surface area (Å²) in [7, 11) is 0. The molecule has 0 fully saturated rings. The van der Waals surface area contributed by atoms with E-state index in [1.807, 2.05) is 12.1 Å². The summed E-state index contributed by atoms with van der Waals surface area (Å²) in [6.45, 7) is 0. The van der Waals surface area contributed by atoms with Crippen molar-refractivity contribution in [2.75, 3.05) is 5.32 Å². The van der Waals surface area contributed by atoms with E-state index >= 15 is 0 Å². The van der Waals surface area contributed by atoms with Crippen LogP contribution in [0.5, 0.6) is 5.75 Å². The predicted octanol–water partition coefficient (Wildman–Crippen LogP) is 2.06. The van der Waals surface area contributed by atoms with Crippen molar-refractivity contribution in [1.29, 1.82) is 0 Å². The Labute approximate surface area is 121 Å². The number of amides is 1. The largest absolute Gasteiger partial charge is 0.507 e. The number of carboxylic acids is 1. The van der Waals surface area contributed by atoms with Crippen LogP contribution in [0.15, 0.2) is 42.6 Å². The SMILES string of the molecule is O=C(CCc1ccccn1)Nc1ccc(C(=O)O)c(O)c1. The minimum Gasteiger partial charge on any atom is -0.507 e. The third kappa shape index (κ3) is 4.04. The smallest absolute Gasteiger partial charge is 0.339 e. The van der Waals surface area contributed by atoms with Gasteiger partial charge in [-0.2, -0.15) is 0 Å². The minimum absolute atomic E-state index is 0.207. The molecule has 0 aliphatic rings. The molecular formula is C15H14N2O4. The third-order valence-electron chi connectivity index (χ3n) is 2.85. The van der Waals surface area contributed by atoms with Gasteiger partial charge in [0.05, 0.1) is 0 Å². The molecule has 108 valence electrons. The van der Waals surface area contributed by atoms with Gasteiger partial charge >= 0.3 is 5.97 Å². The Morgan fingerprint density at radius 2 is 2.00 bits per heavy atom. The van der Waals surface area contributed by atoms with Crippen molar-refractivity contribution in [3.05, 3.63) is 53.9 Å². The van der Waals surface area contributed by atoms with E-state index in [1.165, 1.54) is 18.2 Å². The number of benzene rings is 1. The van der Waals surface area contributed by atoms with Crippen molar-refractivity contribution >= 4 is 17.6 Å². The maximum atomic E-state index is 11.8. The standard InChI is InChI=1S/C15H14N2O4/c18-13-9-11(4-6-12(13)15(20)21)17-14(19)7-5-10-3-1-2-8-16-10/h1-4,6,8-9,18H,5,7H2,(H,17,19)(H,20,21). The van der Waals surface area contributed by atoms with E-state index in [2.05, 4.69) is 10.3 Å². The Hall–Kier alpha value is -2.89. The quantitative estimate of drug-likeness (QED) is 0.781. The third-order valence-corrected chi connectivity index (χ3v) is 2.85. The molecule has 2 aromatic rings. The summed E-state index contributed by atoms with van der Waals surface area (Å²) in [6, 6.07) is 9.37. The normalized spacial score (nSPS) is 10.1. The van der Waals surface area contributed by atoms with Crippen molar-refractivity contribution in [3.8, 4) is 5.75 Å². The molecule has 0 unspecified atom stereocenters. The molecule has 0 atom stereocenters. The molecule has 0 aliphatic heterocycles. The summed E-state index contributed by atoms with van der Waals surface area (Å²) in [5.74, 6) is -1.84. The first-order chi connectivity index (χ1) is 10.1. The fourth-order valence-corrected chi connectivity index (χ4v) is 1.80. The van der Waals surface area contributed by atoms with Gasteiger partial charge in [-0.25, -0.2) is 4.79 Å². The van der Waals surface area contributed by atoms with Gasteiger partial charge < -0.3 is 15.5 Å². The van der Waals surface area contributed by atoms with Gasteiger partial charge in [0.2, 0.25) is 5.91 Å². The molecule has 0 saturated heterocycles. The number of nitrogens with zero attached hydrogens (tertiary/aromatic N) is 1. The second-order valence-electron chi connectivity index (χ2n) is 4.41. The van der Waals surface area contributed by atoms with Crippen LogP contribution in [0.4, 0.5) is 5.69 Å². The molecule has 1 amide bonds. The molecule has 0 bridgehead atoms. The van der Waals surface area contributed by atoms with Gasteiger partial charge in [-0.3, -0.25) is 9.78 Å². The van der Waals surface area contributed by atoms with Gasteiger partial charge in [-0.1, -0.05) is 6.07 Å². The van der Waals surface area contributed by atoms with E-state index in [9.17, 15) is 14.7 Å². The zero-order chi connectivity index (χ0) is 15.2. The molecule has 3 N–H and O–H groups in total. The van der Waals surface area contributed by atoms with Crippen LogP contribution in [0.25, 0.3) is 0 Å². The van der Waals surface area contributed by atoms with Crippen molar-refractivity contribution in [3.63, 3.8) is 0 Å². The highest BCUT2D eigenvalue weighted by Gasteiger charge is 2.11. The lowest BCUT2D eigenvalue weighted by Gasteiger charge is -2.07. The molecule has 1 aromatic carbocycles. The minimum atomic E-state index is -1.22. The topological polar surface area (TPSA) is 99.5 Å². The summed E-state index contributed by atoms with van der Waals surface area (Å²) in [6.07, 6.45) is 2.42. The Balaban J connectivity index is 1.94. The van der Waals surface area contributed by atoms with E-state index in [0.717, 1.165) is 5.69 Å². The first-order valence-corrected chi connectivity index (χ1v) is 6.32. The molecule has 6 heteroatoms. The number of hydrogen-bond acceptors (Lipinski definition) is 4.